The van der Waals surface area contributed by atoms with Crippen LogP contribution in [0.3, 0.4) is 0 Å². The summed E-state index contributed by atoms with van der Waals surface area (Å²) in [5.41, 5.74) is 19.8. The van der Waals surface area contributed by atoms with Gasteiger partial charge in [-0.25, -0.2) is 0 Å². The maximum absolute atomic E-state index is 7.15. The zero-order chi connectivity index (χ0) is 39.5. The standard InChI is InChI=1S/C57H41NO/c1-57(2)50-24-13-12-22-46(50)47-35-33-44(37-51(47)57)58(43-31-28-40(29-32-43)38-16-6-3-7-17-38)52-25-15-27-54-56(52)48-34-30-42(39-18-8-4-9-19-39)36-49(48)55-45(23-14-26-53(55)59-54)41-20-10-5-11-21-41/h3-37H,1-2H3. The van der Waals surface area contributed by atoms with Crippen molar-refractivity contribution in [3.05, 3.63) is 223 Å². The average molecular weight is 756 g/mol. The Bertz CT molecular complexity index is 3020. The molecule has 2 nitrogen and oxygen atoms in total. The Balaban J connectivity index is 1.17. The van der Waals surface area contributed by atoms with Crippen molar-refractivity contribution < 1.29 is 4.74 Å². The Labute approximate surface area is 346 Å². The molecule has 0 radical (unpaired) electrons. The van der Waals surface area contributed by atoms with Gasteiger partial charge in [-0.3, -0.25) is 0 Å². The summed E-state index contributed by atoms with van der Waals surface area (Å²) < 4.78 is 7.15. The molecule has 0 aromatic heterocycles. The van der Waals surface area contributed by atoms with Crippen molar-refractivity contribution in [2.45, 2.75) is 19.3 Å². The van der Waals surface area contributed by atoms with Crippen LogP contribution in [-0.2, 0) is 5.41 Å². The van der Waals surface area contributed by atoms with E-state index in [1.165, 1.54) is 38.9 Å². The van der Waals surface area contributed by atoms with Crippen molar-refractivity contribution in [3.8, 4) is 78.3 Å². The molecule has 0 bridgehead atoms. The number of rotatable bonds is 6. The van der Waals surface area contributed by atoms with Gasteiger partial charge in [0.2, 0.25) is 0 Å². The summed E-state index contributed by atoms with van der Waals surface area (Å²) in [6, 6.07) is 76.7. The smallest absolute Gasteiger partial charge is 0.137 e. The van der Waals surface area contributed by atoms with E-state index in [1.54, 1.807) is 0 Å². The monoisotopic (exact) mass is 755 g/mol. The summed E-state index contributed by atoms with van der Waals surface area (Å²) >= 11 is 0. The predicted molar refractivity (Wildman–Crippen MR) is 246 cm³/mol. The zero-order valence-corrected chi connectivity index (χ0v) is 33.1. The Hall–Kier alpha value is -7.42. The Morgan fingerprint density at radius 1 is 0.339 bits per heavy atom. The summed E-state index contributed by atoms with van der Waals surface area (Å²) in [4.78, 5) is 2.43. The van der Waals surface area contributed by atoms with Crippen LogP contribution in [0.1, 0.15) is 25.0 Å². The molecule has 9 aromatic carbocycles. The van der Waals surface area contributed by atoms with Crippen molar-refractivity contribution in [2.24, 2.45) is 0 Å². The molecule has 0 atom stereocenters. The topological polar surface area (TPSA) is 12.5 Å². The molecule has 1 aliphatic carbocycles. The first-order chi connectivity index (χ1) is 29.0. The maximum Gasteiger partial charge on any atom is 0.137 e. The molecule has 280 valence electrons. The van der Waals surface area contributed by atoms with Gasteiger partial charge in [0.05, 0.1) is 5.69 Å². The second-order valence-electron chi connectivity index (χ2n) is 16.1. The molecule has 1 heterocycles. The molecular weight excluding hydrogens is 715 g/mol. The lowest BCUT2D eigenvalue weighted by Crippen LogP contribution is -2.17. The van der Waals surface area contributed by atoms with E-state index >= 15 is 0 Å². The number of fused-ring (bicyclic) bond motifs is 8. The van der Waals surface area contributed by atoms with Crippen LogP contribution in [0, 0.1) is 0 Å². The number of benzene rings is 9. The summed E-state index contributed by atoms with van der Waals surface area (Å²) in [7, 11) is 0. The molecule has 11 rings (SSSR count). The second-order valence-corrected chi connectivity index (χ2v) is 16.1. The van der Waals surface area contributed by atoms with Crippen LogP contribution in [0.2, 0.25) is 0 Å². The highest BCUT2D eigenvalue weighted by atomic mass is 16.5. The third-order valence-corrected chi connectivity index (χ3v) is 12.3. The average Bonchev–Trinajstić information content (AvgIpc) is 3.42. The molecular formula is C57H41NO. The van der Waals surface area contributed by atoms with Crippen molar-refractivity contribution in [1.29, 1.82) is 0 Å². The Morgan fingerprint density at radius 2 is 0.864 bits per heavy atom. The first-order valence-electron chi connectivity index (χ1n) is 20.4. The van der Waals surface area contributed by atoms with Gasteiger partial charge in [0, 0.05) is 27.9 Å². The van der Waals surface area contributed by atoms with Crippen LogP contribution < -0.4 is 9.64 Å². The second kappa shape index (κ2) is 13.9. The van der Waals surface area contributed by atoms with E-state index in [9.17, 15) is 0 Å². The van der Waals surface area contributed by atoms with Crippen molar-refractivity contribution >= 4 is 17.1 Å². The number of ether oxygens (including phenoxy) is 1. The molecule has 0 fully saturated rings. The summed E-state index contributed by atoms with van der Waals surface area (Å²) in [5, 5.41) is 0. The van der Waals surface area contributed by atoms with Crippen LogP contribution in [0.25, 0.3) is 66.8 Å². The van der Waals surface area contributed by atoms with E-state index in [1.807, 2.05) is 0 Å². The third kappa shape index (κ3) is 5.79. The number of anilines is 3. The predicted octanol–water partition coefficient (Wildman–Crippen LogP) is 15.9. The van der Waals surface area contributed by atoms with Gasteiger partial charge in [0.15, 0.2) is 0 Å². The lowest BCUT2D eigenvalue weighted by Gasteiger charge is -2.30. The highest BCUT2D eigenvalue weighted by molar-refractivity contribution is 6.03. The van der Waals surface area contributed by atoms with Crippen molar-refractivity contribution in [3.63, 3.8) is 0 Å². The van der Waals surface area contributed by atoms with Crippen LogP contribution in [0.4, 0.5) is 17.1 Å². The summed E-state index contributed by atoms with van der Waals surface area (Å²) in [5.74, 6) is 1.66. The highest BCUT2D eigenvalue weighted by Gasteiger charge is 2.36. The van der Waals surface area contributed by atoms with Gasteiger partial charge in [-0.05, 0) is 115 Å². The molecule has 0 saturated heterocycles. The minimum absolute atomic E-state index is 0.155. The van der Waals surface area contributed by atoms with E-state index in [-0.39, 0.29) is 5.41 Å². The SMILES string of the molecule is CC1(C)c2ccccc2-c2ccc(N(c3ccc(-c4ccccc4)cc3)c3cccc4c3-c3ccc(-c5ccccc5)cc3-c3c(cccc3-c3ccccc3)O4)cc21. The fourth-order valence-electron chi connectivity index (χ4n) is 9.40. The minimum Gasteiger partial charge on any atom is -0.456 e. The zero-order valence-electron chi connectivity index (χ0n) is 33.1. The molecule has 1 aliphatic heterocycles. The van der Waals surface area contributed by atoms with Crippen molar-refractivity contribution in [1.82, 2.24) is 0 Å². The van der Waals surface area contributed by atoms with E-state index in [0.29, 0.717) is 0 Å². The van der Waals surface area contributed by atoms with Gasteiger partial charge in [-0.2, -0.15) is 0 Å². The molecule has 0 saturated carbocycles. The lowest BCUT2D eigenvalue weighted by molar-refractivity contribution is 0.488. The molecule has 0 N–H and O–H groups in total. The third-order valence-electron chi connectivity index (χ3n) is 12.3. The van der Waals surface area contributed by atoms with E-state index in [0.717, 1.165) is 67.5 Å². The van der Waals surface area contributed by atoms with Crippen LogP contribution in [0.15, 0.2) is 212 Å². The van der Waals surface area contributed by atoms with Gasteiger partial charge in [0.25, 0.3) is 0 Å². The van der Waals surface area contributed by atoms with Crippen LogP contribution >= 0.6 is 0 Å². The fraction of sp³-hybridized carbons (Fsp3) is 0.0526. The summed E-state index contributed by atoms with van der Waals surface area (Å²) in [6.07, 6.45) is 0. The Morgan fingerprint density at radius 3 is 1.59 bits per heavy atom. The number of hydrogen-bond acceptors (Lipinski definition) is 2. The van der Waals surface area contributed by atoms with Gasteiger partial charge in [0.1, 0.15) is 11.5 Å². The van der Waals surface area contributed by atoms with Crippen LogP contribution in [0.5, 0.6) is 11.5 Å². The quantitative estimate of drug-likeness (QED) is 0.168. The first-order valence-corrected chi connectivity index (χ1v) is 20.4. The van der Waals surface area contributed by atoms with Gasteiger partial charge in [-0.15, -0.1) is 0 Å². The van der Waals surface area contributed by atoms with Crippen molar-refractivity contribution in [2.75, 3.05) is 4.90 Å². The molecule has 0 spiro atoms. The Kier molecular flexibility index (Phi) is 8.20. The van der Waals surface area contributed by atoms with E-state index < -0.39 is 0 Å². The van der Waals surface area contributed by atoms with E-state index in [4.69, 9.17) is 4.74 Å². The molecule has 0 unspecified atom stereocenters. The minimum atomic E-state index is -0.155. The first kappa shape index (κ1) is 34.8. The van der Waals surface area contributed by atoms with Gasteiger partial charge < -0.3 is 9.64 Å². The highest BCUT2D eigenvalue weighted by Crippen LogP contribution is 2.56. The number of hydrogen-bond donors (Lipinski definition) is 0. The van der Waals surface area contributed by atoms with Gasteiger partial charge in [-0.1, -0.05) is 178 Å². The van der Waals surface area contributed by atoms with Crippen LogP contribution in [-0.4, -0.2) is 0 Å². The van der Waals surface area contributed by atoms with E-state index in [2.05, 4.69) is 231 Å². The molecule has 59 heavy (non-hydrogen) atoms. The van der Waals surface area contributed by atoms with Gasteiger partial charge >= 0.3 is 0 Å². The summed E-state index contributed by atoms with van der Waals surface area (Å²) in [6.45, 7) is 4.70. The number of nitrogens with zero attached hydrogens (tertiary/aromatic N) is 1. The molecule has 2 heteroatoms. The molecule has 0 amide bonds. The lowest BCUT2D eigenvalue weighted by atomic mass is 9.82. The molecule has 2 aliphatic rings. The largest absolute Gasteiger partial charge is 0.456 e. The normalized spacial score (nSPS) is 12.8. The fourth-order valence-corrected chi connectivity index (χ4v) is 9.40. The maximum atomic E-state index is 7.15. The molecule has 9 aromatic rings.